The van der Waals surface area contributed by atoms with E-state index in [2.05, 4.69) is 29.0 Å². The summed E-state index contributed by atoms with van der Waals surface area (Å²) in [5, 5.41) is 3.34. The normalized spacial score (nSPS) is 20.6. The Labute approximate surface area is 123 Å². The standard InChI is InChI=1S/C15H31N3O2/c1-5-8-16-15(3,14(19)20-4)7-9-18-12-10-17(6-2)11-13-18/h16H,5-13H2,1-4H3. The fourth-order valence-electron chi connectivity index (χ4n) is 2.60. The Kier molecular flexibility index (Phi) is 7.48. The van der Waals surface area contributed by atoms with Gasteiger partial charge in [0.25, 0.3) is 0 Å². The molecule has 1 saturated heterocycles. The highest BCUT2D eigenvalue weighted by molar-refractivity contribution is 5.80. The van der Waals surface area contributed by atoms with Crippen molar-refractivity contribution in [3.63, 3.8) is 0 Å². The Morgan fingerprint density at radius 3 is 2.30 bits per heavy atom. The summed E-state index contributed by atoms with van der Waals surface area (Å²) >= 11 is 0. The molecule has 5 heteroatoms. The SMILES string of the molecule is CCCNC(C)(CCN1CCN(CC)CC1)C(=O)OC. The molecule has 20 heavy (non-hydrogen) atoms. The number of nitrogens with zero attached hydrogens (tertiary/aromatic N) is 2. The monoisotopic (exact) mass is 285 g/mol. The molecule has 1 N–H and O–H groups in total. The zero-order valence-corrected chi connectivity index (χ0v) is 13.6. The van der Waals surface area contributed by atoms with Gasteiger partial charge >= 0.3 is 5.97 Å². The molecule has 0 radical (unpaired) electrons. The molecule has 1 atom stereocenters. The van der Waals surface area contributed by atoms with Crippen LogP contribution in [0.3, 0.4) is 0 Å². The number of carbonyl (C=O) groups excluding carboxylic acids is 1. The molecular weight excluding hydrogens is 254 g/mol. The predicted octanol–water partition coefficient (Wildman–Crippen LogP) is 0.945. The van der Waals surface area contributed by atoms with Gasteiger partial charge in [0.15, 0.2) is 0 Å². The minimum atomic E-state index is -0.563. The molecule has 0 aromatic heterocycles. The molecule has 0 spiro atoms. The van der Waals surface area contributed by atoms with Crippen LogP contribution in [0.4, 0.5) is 0 Å². The van der Waals surface area contributed by atoms with Crippen LogP contribution >= 0.6 is 0 Å². The number of methoxy groups -OCH3 is 1. The zero-order valence-electron chi connectivity index (χ0n) is 13.6. The lowest BCUT2D eigenvalue weighted by atomic mass is 9.97. The van der Waals surface area contributed by atoms with Crippen LogP contribution in [0.1, 0.15) is 33.6 Å². The Balaban J connectivity index is 2.44. The summed E-state index contributed by atoms with van der Waals surface area (Å²) in [5.41, 5.74) is -0.563. The highest BCUT2D eigenvalue weighted by Crippen LogP contribution is 2.14. The third-order valence-electron chi connectivity index (χ3n) is 4.24. The number of piperazine rings is 1. The van der Waals surface area contributed by atoms with Gasteiger partial charge < -0.3 is 19.9 Å². The van der Waals surface area contributed by atoms with Gasteiger partial charge in [-0.2, -0.15) is 0 Å². The largest absolute Gasteiger partial charge is 0.468 e. The van der Waals surface area contributed by atoms with Crippen molar-refractivity contribution in [2.24, 2.45) is 0 Å². The fourth-order valence-corrected chi connectivity index (χ4v) is 2.60. The van der Waals surface area contributed by atoms with Crippen molar-refractivity contribution >= 4 is 5.97 Å². The van der Waals surface area contributed by atoms with E-state index >= 15 is 0 Å². The molecule has 1 aliphatic heterocycles. The molecule has 1 aliphatic rings. The lowest BCUT2D eigenvalue weighted by Gasteiger charge is -2.36. The highest BCUT2D eigenvalue weighted by Gasteiger charge is 2.34. The molecule has 1 heterocycles. The second kappa shape index (κ2) is 8.60. The van der Waals surface area contributed by atoms with Crippen LogP contribution in [-0.4, -0.2) is 74.2 Å². The highest BCUT2D eigenvalue weighted by atomic mass is 16.5. The van der Waals surface area contributed by atoms with E-state index in [1.165, 1.54) is 7.11 Å². The third kappa shape index (κ3) is 5.04. The van der Waals surface area contributed by atoms with E-state index in [1.807, 2.05) is 6.92 Å². The number of hydrogen-bond acceptors (Lipinski definition) is 5. The molecule has 0 aromatic rings. The van der Waals surface area contributed by atoms with E-state index in [-0.39, 0.29) is 5.97 Å². The van der Waals surface area contributed by atoms with E-state index in [1.54, 1.807) is 0 Å². The molecule has 118 valence electrons. The number of esters is 1. The summed E-state index contributed by atoms with van der Waals surface area (Å²) < 4.78 is 4.96. The second-order valence-electron chi connectivity index (χ2n) is 5.78. The molecule has 0 aromatic carbocycles. The molecule has 0 saturated carbocycles. The van der Waals surface area contributed by atoms with Gasteiger partial charge in [0.05, 0.1) is 7.11 Å². The molecule has 0 aliphatic carbocycles. The number of ether oxygens (including phenoxy) is 1. The lowest BCUT2D eigenvalue weighted by Crippen LogP contribution is -2.54. The molecule has 0 amide bonds. The van der Waals surface area contributed by atoms with Gasteiger partial charge in [0, 0.05) is 32.7 Å². The Bertz CT molecular complexity index is 291. The van der Waals surface area contributed by atoms with Crippen molar-refractivity contribution in [3.8, 4) is 0 Å². The summed E-state index contributed by atoms with van der Waals surface area (Å²) in [7, 11) is 1.47. The van der Waals surface area contributed by atoms with Gasteiger partial charge in [-0.1, -0.05) is 13.8 Å². The zero-order chi connectivity index (χ0) is 15.0. The maximum absolute atomic E-state index is 12.0. The first-order valence-corrected chi connectivity index (χ1v) is 7.84. The second-order valence-corrected chi connectivity index (χ2v) is 5.78. The first-order chi connectivity index (χ1) is 9.55. The summed E-state index contributed by atoms with van der Waals surface area (Å²) in [6, 6.07) is 0. The van der Waals surface area contributed by atoms with E-state index in [0.29, 0.717) is 0 Å². The summed E-state index contributed by atoms with van der Waals surface area (Å²) in [6.07, 6.45) is 1.81. The van der Waals surface area contributed by atoms with Gasteiger partial charge in [-0.15, -0.1) is 0 Å². The number of rotatable bonds is 8. The number of likely N-dealkylation sites (N-methyl/N-ethyl adjacent to an activating group) is 1. The fraction of sp³-hybridized carbons (Fsp3) is 0.933. The van der Waals surface area contributed by atoms with E-state index in [9.17, 15) is 4.79 Å². The van der Waals surface area contributed by atoms with Crippen molar-refractivity contribution < 1.29 is 9.53 Å². The quantitative estimate of drug-likeness (QED) is 0.673. The Morgan fingerprint density at radius 1 is 1.20 bits per heavy atom. The molecule has 1 fully saturated rings. The Hall–Kier alpha value is -0.650. The Morgan fingerprint density at radius 2 is 1.80 bits per heavy atom. The lowest BCUT2D eigenvalue weighted by molar-refractivity contribution is -0.148. The summed E-state index contributed by atoms with van der Waals surface area (Å²) in [6.45, 7) is 13.6. The van der Waals surface area contributed by atoms with Crippen molar-refractivity contribution in [2.45, 2.75) is 39.2 Å². The van der Waals surface area contributed by atoms with Crippen LogP contribution in [0.25, 0.3) is 0 Å². The minimum Gasteiger partial charge on any atom is -0.468 e. The van der Waals surface area contributed by atoms with Gasteiger partial charge in [0.2, 0.25) is 0 Å². The third-order valence-corrected chi connectivity index (χ3v) is 4.24. The van der Waals surface area contributed by atoms with E-state index in [4.69, 9.17) is 4.74 Å². The molecule has 0 bridgehead atoms. The first kappa shape index (κ1) is 17.4. The van der Waals surface area contributed by atoms with Crippen molar-refractivity contribution in [1.82, 2.24) is 15.1 Å². The van der Waals surface area contributed by atoms with Crippen LogP contribution in [0.2, 0.25) is 0 Å². The maximum atomic E-state index is 12.0. The molecular formula is C15H31N3O2. The summed E-state index contributed by atoms with van der Waals surface area (Å²) in [4.78, 5) is 16.9. The first-order valence-electron chi connectivity index (χ1n) is 7.84. The van der Waals surface area contributed by atoms with Crippen LogP contribution in [-0.2, 0) is 9.53 Å². The average molecular weight is 285 g/mol. The van der Waals surface area contributed by atoms with Crippen LogP contribution in [0, 0.1) is 0 Å². The van der Waals surface area contributed by atoms with Gasteiger partial charge in [-0.3, -0.25) is 4.79 Å². The average Bonchev–Trinajstić information content (AvgIpc) is 2.50. The molecule has 5 nitrogen and oxygen atoms in total. The summed E-state index contributed by atoms with van der Waals surface area (Å²) in [5.74, 6) is -0.154. The molecule has 1 unspecified atom stereocenters. The predicted molar refractivity (Wildman–Crippen MR) is 81.9 cm³/mol. The van der Waals surface area contributed by atoms with Crippen molar-refractivity contribution in [2.75, 3.05) is 52.9 Å². The molecule has 1 rings (SSSR count). The van der Waals surface area contributed by atoms with Crippen LogP contribution in [0.15, 0.2) is 0 Å². The number of nitrogens with one attached hydrogen (secondary N) is 1. The minimum absolute atomic E-state index is 0.154. The van der Waals surface area contributed by atoms with Gasteiger partial charge in [0.1, 0.15) is 5.54 Å². The topological polar surface area (TPSA) is 44.8 Å². The van der Waals surface area contributed by atoms with Crippen LogP contribution < -0.4 is 5.32 Å². The van der Waals surface area contributed by atoms with Crippen molar-refractivity contribution in [3.05, 3.63) is 0 Å². The van der Waals surface area contributed by atoms with E-state index < -0.39 is 5.54 Å². The van der Waals surface area contributed by atoms with Crippen molar-refractivity contribution in [1.29, 1.82) is 0 Å². The number of hydrogen-bond donors (Lipinski definition) is 1. The number of carbonyl (C=O) groups is 1. The van der Waals surface area contributed by atoms with Gasteiger partial charge in [-0.25, -0.2) is 0 Å². The van der Waals surface area contributed by atoms with Gasteiger partial charge in [-0.05, 0) is 32.9 Å². The van der Waals surface area contributed by atoms with Crippen LogP contribution in [0.5, 0.6) is 0 Å². The smallest absolute Gasteiger partial charge is 0.325 e. The maximum Gasteiger partial charge on any atom is 0.325 e. The van der Waals surface area contributed by atoms with E-state index in [0.717, 1.165) is 58.7 Å².